The number of hydrogen-bond donors (Lipinski definition) is 1. The van der Waals surface area contributed by atoms with Gasteiger partial charge in [0.25, 0.3) is 0 Å². The van der Waals surface area contributed by atoms with Gasteiger partial charge in [-0.2, -0.15) is 0 Å². The van der Waals surface area contributed by atoms with Crippen molar-refractivity contribution in [3.8, 4) is 0 Å². The van der Waals surface area contributed by atoms with Gasteiger partial charge < -0.3 is 5.11 Å². The molecule has 1 aromatic rings. The molecule has 0 fully saturated rings. The Hall–Kier alpha value is -1.08. The van der Waals surface area contributed by atoms with Gasteiger partial charge in [0, 0.05) is 6.61 Å². The summed E-state index contributed by atoms with van der Waals surface area (Å²) in [7, 11) is 0. The van der Waals surface area contributed by atoms with Crippen LogP contribution < -0.4 is 0 Å². The molecule has 1 aromatic carbocycles. The number of fused-ring (bicyclic) bond motifs is 2. The van der Waals surface area contributed by atoms with E-state index in [1.807, 2.05) is 0 Å². The smallest absolute Gasteiger partial charge is 0.0471 e. The molecule has 1 nitrogen and oxygen atoms in total. The fraction of sp³-hybridized carbons (Fsp3) is 0.429. The Morgan fingerprint density at radius 1 is 1.20 bits per heavy atom. The number of aliphatic hydroxyl groups is 1. The highest BCUT2D eigenvalue weighted by molar-refractivity contribution is 5.78. The van der Waals surface area contributed by atoms with Crippen LogP contribution in [0.2, 0.25) is 0 Å². The Morgan fingerprint density at radius 2 is 2.13 bits per heavy atom. The molecule has 78 valence electrons. The average Bonchev–Trinajstić information content (AvgIpc) is 2.78. The van der Waals surface area contributed by atoms with E-state index in [2.05, 4.69) is 18.2 Å². The first kappa shape index (κ1) is 9.17. The molecule has 0 spiro atoms. The normalized spacial score (nSPS) is 18.2. The van der Waals surface area contributed by atoms with Crippen molar-refractivity contribution < 1.29 is 5.11 Å². The highest BCUT2D eigenvalue weighted by Crippen LogP contribution is 2.43. The lowest BCUT2D eigenvalue weighted by Crippen LogP contribution is -1.94. The van der Waals surface area contributed by atoms with Crippen LogP contribution in [-0.4, -0.2) is 11.7 Å². The first-order chi connectivity index (χ1) is 7.38. The maximum absolute atomic E-state index is 8.94. The second kappa shape index (κ2) is 3.49. The van der Waals surface area contributed by atoms with Crippen LogP contribution in [0.4, 0.5) is 0 Å². The topological polar surface area (TPSA) is 20.2 Å². The molecule has 0 aromatic heterocycles. The molecule has 1 N–H and O–H groups in total. The summed E-state index contributed by atoms with van der Waals surface area (Å²) in [6.07, 6.45) is 5.89. The van der Waals surface area contributed by atoms with E-state index in [1.54, 1.807) is 11.1 Å². The van der Waals surface area contributed by atoms with Crippen LogP contribution in [0.3, 0.4) is 0 Å². The van der Waals surface area contributed by atoms with Crippen molar-refractivity contribution in [1.29, 1.82) is 0 Å². The summed E-state index contributed by atoms with van der Waals surface area (Å²) in [6.45, 7) is 0.255. The third kappa shape index (κ3) is 1.42. The molecular formula is C14H16O. The molecule has 0 saturated heterocycles. The van der Waals surface area contributed by atoms with Crippen LogP contribution >= 0.6 is 0 Å². The van der Waals surface area contributed by atoms with Crippen molar-refractivity contribution in [3.63, 3.8) is 0 Å². The fourth-order valence-electron chi connectivity index (χ4n) is 2.90. The van der Waals surface area contributed by atoms with E-state index >= 15 is 0 Å². The summed E-state index contributed by atoms with van der Waals surface area (Å²) in [6, 6.07) is 6.70. The number of benzene rings is 1. The lowest BCUT2D eigenvalue weighted by atomic mass is 9.99. The standard InChI is InChI=1S/C14H16O/c15-7-6-10-4-5-12-9-11-2-1-3-13(11)14(12)8-10/h4-5,8,15H,1-3,6-7,9H2. The Balaban J connectivity index is 2.01. The Morgan fingerprint density at radius 3 is 3.00 bits per heavy atom. The van der Waals surface area contributed by atoms with Gasteiger partial charge in [0.05, 0.1) is 0 Å². The largest absolute Gasteiger partial charge is 0.396 e. The van der Waals surface area contributed by atoms with Gasteiger partial charge in [-0.3, -0.25) is 0 Å². The predicted molar refractivity (Wildman–Crippen MR) is 61.7 cm³/mol. The predicted octanol–water partition coefficient (Wildman–Crippen LogP) is 2.72. The van der Waals surface area contributed by atoms with E-state index in [1.165, 1.54) is 42.4 Å². The molecule has 2 aliphatic carbocycles. The minimum absolute atomic E-state index is 0.255. The number of allylic oxidation sites excluding steroid dienone is 2. The third-order valence-corrected chi connectivity index (χ3v) is 3.64. The maximum atomic E-state index is 8.94. The molecule has 0 heterocycles. The lowest BCUT2D eigenvalue weighted by molar-refractivity contribution is 0.299. The van der Waals surface area contributed by atoms with E-state index in [0.717, 1.165) is 6.42 Å². The first-order valence-corrected chi connectivity index (χ1v) is 5.82. The van der Waals surface area contributed by atoms with Crippen LogP contribution in [0.25, 0.3) is 5.57 Å². The first-order valence-electron chi connectivity index (χ1n) is 5.82. The van der Waals surface area contributed by atoms with E-state index in [4.69, 9.17) is 5.11 Å². The number of hydrogen-bond acceptors (Lipinski definition) is 1. The number of rotatable bonds is 2. The second-order valence-electron chi connectivity index (χ2n) is 4.58. The summed E-state index contributed by atoms with van der Waals surface area (Å²) in [5.74, 6) is 0. The van der Waals surface area contributed by atoms with E-state index in [-0.39, 0.29) is 6.61 Å². The SMILES string of the molecule is OCCc1ccc2c(c1)C1=C(CCC1)C2. The quantitative estimate of drug-likeness (QED) is 0.778. The van der Waals surface area contributed by atoms with Crippen molar-refractivity contribution in [1.82, 2.24) is 0 Å². The van der Waals surface area contributed by atoms with Gasteiger partial charge in [0.15, 0.2) is 0 Å². The maximum Gasteiger partial charge on any atom is 0.0471 e. The van der Waals surface area contributed by atoms with Gasteiger partial charge in [-0.15, -0.1) is 0 Å². The van der Waals surface area contributed by atoms with Gasteiger partial charge in [-0.05, 0) is 54.4 Å². The van der Waals surface area contributed by atoms with Crippen LogP contribution in [0.15, 0.2) is 23.8 Å². The molecule has 1 heteroatoms. The molecule has 0 bridgehead atoms. The molecule has 0 saturated carbocycles. The molecule has 0 atom stereocenters. The molecule has 0 aliphatic heterocycles. The Kier molecular flexibility index (Phi) is 2.14. The zero-order valence-electron chi connectivity index (χ0n) is 8.92. The minimum atomic E-state index is 0.255. The average molecular weight is 200 g/mol. The van der Waals surface area contributed by atoms with Crippen molar-refractivity contribution in [2.24, 2.45) is 0 Å². The summed E-state index contributed by atoms with van der Waals surface area (Å²) in [5, 5.41) is 8.94. The monoisotopic (exact) mass is 200 g/mol. The van der Waals surface area contributed by atoms with Gasteiger partial charge in [-0.1, -0.05) is 23.8 Å². The van der Waals surface area contributed by atoms with Crippen LogP contribution in [0.5, 0.6) is 0 Å². The second-order valence-corrected chi connectivity index (χ2v) is 4.58. The Labute approximate surface area is 90.4 Å². The summed E-state index contributed by atoms with van der Waals surface area (Å²) < 4.78 is 0. The van der Waals surface area contributed by atoms with Gasteiger partial charge in [-0.25, -0.2) is 0 Å². The third-order valence-electron chi connectivity index (χ3n) is 3.64. The highest BCUT2D eigenvalue weighted by Gasteiger charge is 2.24. The molecule has 0 unspecified atom stereocenters. The van der Waals surface area contributed by atoms with E-state index in [9.17, 15) is 0 Å². The summed E-state index contributed by atoms with van der Waals surface area (Å²) in [5.41, 5.74) is 7.54. The summed E-state index contributed by atoms with van der Waals surface area (Å²) in [4.78, 5) is 0. The number of aliphatic hydroxyl groups excluding tert-OH is 1. The van der Waals surface area contributed by atoms with Gasteiger partial charge in [0.1, 0.15) is 0 Å². The fourth-order valence-corrected chi connectivity index (χ4v) is 2.90. The van der Waals surface area contributed by atoms with Crippen molar-refractivity contribution in [3.05, 3.63) is 40.5 Å². The van der Waals surface area contributed by atoms with Crippen LogP contribution in [-0.2, 0) is 12.8 Å². The van der Waals surface area contributed by atoms with Crippen LogP contribution in [0.1, 0.15) is 36.0 Å². The minimum Gasteiger partial charge on any atom is -0.396 e. The van der Waals surface area contributed by atoms with E-state index in [0.29, 0.717) is 0 Å². The Bertz CT molecular complexity index is 429. The van der Waals surface area contributed by atoms with Crippen molar-refractivity contribution >= 4 is 5.57 Å². The molecule has 2 aliphatic rings. The lowest BCUT2D eigenvalue weighted by Gasteiger charge is -2.06. The van der Waals surface area contributed by atoms with Crippen LogP contribution in [0, 0.1) is 0 Å². The zero-order chi connectivity index (χ0) is 10.3. The van der Waals surface area contributed by atoms with E-state index < -0.39 is 0 Å². The molecular weight excluding hydrogens is 184 g/mol. The highest BCUT2D eigenvalue weighted by atomic mass is 16.2. The van der Waals surface area contributed by atoms with Gasteiger partial charge >= 0.3 is 0 Å². The molecule has 15 heavy (non-hydrogen) atoms. The molecule has 0 amide bonds. The molecule has 0 radical (unpaired) electrons. The summed E-state index contributed by atoms with van der Waals surface area (Å²) >= 11 is 0. The van der Waals surface area contributed by atoms with Crippen molar-refractivity contribution in [2.75, 3.05) is 6.61 Å². The zero-order valence-corrected chi connectivity index (χ0v) is 8.92. The van der Waals surface area contributed by atoms with Gasteiger partial charge in [0.2, 0.25) is 0 Å². The van der Waals surface area contributed by atoms with Crippen molar-refractivity contribution in [2.45, 2.75) is 32.1 Å². The molecule has 3 rings (SSSR count).